The summed E-state index contributed by atoms with van der Waals surface area (Å²) < 4.78 is 2.83. The van der Waals surface area contributed by atoms with Gasteiger partial charge in [0.1, 0.15) is 6.20 Å². The van der Waals surface area contributed by atoms with E-state index in [0.29, 0.717) is 23.1 Å². The van der Waals surface area contributed by atoms with Crippen LogP contribution >= 0.6 is 0 Å². The van der Waals surface area contributed by atoms with Gasteiger partial charge in [-0.3, -0.25) is 0 Å². The fourth-order valence-electron chi connectivity index (χ4n) is 2.71. The Labute approximate surface area is 155 Å². The summed E-state index contributed by atoms with van der Waals surface area (Å²) in [4.78, 5) is 21.2. The third-order valence-corrected chi connectivity index (χ3v) is 3.97. The first-order chi connectivity index (χ1) is 13.0. The third kappa shape index (κ3) is 3.76. The van der Waals surface area contributed by atoms with E-state index in [1.165, 1.54) is 15.3 Å². The summed E-state index contributed by atoms with van der Waals surface area (Å²) in [7, 11) is 1.55. The van der Waals surface area contributed by atoms with Crippen LogP contribution in [0.4, 0.5) is 11.6 Å². The van der Waals surface area contributed by atoms with Crippen molar-refractivity contribution in [2.24, 2.45) is 12.0 Å². The number of imidazole rings is 1. The van der Waals surface area contributed by atoms with E-state index in [-0.39, 0.29) is 5.82 Å². The van der Waals surface area contributed by atoms with Crippen LogP contribution < -0.4 is 0 Å². The van der Waals surface area contributed by atoms with Gasteiger partial charge in [0.2, 0.25) is 5.82 Å². The molecule has 27 heavy (non-hydrogen) atoms. The SMILES string of the molecule is CCCN(C=Nc1ccc2nnc(-c3ncc([N+](=O)[O-])n3C)n2n1)CCC. The summed E-state index contributed by atoms with van der Waals surface area (Å²) in [6.45, 7) is 6.09. The molecule has 0 aliphatic carbocycles. The lowest BCUT2D eigenvalue weighted by molar-refractivity contribution is -0.391. The molecule has 0 unspecified atom stereocenters. The molecule has 3 heterocycles. The molecule has 0 radical (unpaired) electrons. The van der Waals surface area contributed by atoms with Crippen LogP contribution in [0, 0.1) is 10.1 Å². The van der Waals surface area contributed by atoms with Crippen molar-refractivity contribution in [3.05, 3.63) is 28.4 Å². The van der Waals surface area contributed by atoms with Gasteiger partial charge in [-0.1, -0.05) is 13.8 Å². The molecule has 0 bridgehead atoms. The molecule has 3 rings (SSSR count). The number of fused-ring (bicyclic) bond motifs is 1. The molecule has 0 spiro atoms. The Morgan fingerprint density at radius 3 is 2.59 bits per heavy atom. The highest BCUT2D eigenvalue weighted by molar-refractivity contribution is 5.61. The smallest absolute Gasteiger partial charge is 0.343 e. The highest BCUT2D eigenvalue weighted by Gasteiger charge is 2.23. The van der Waals surface area contributed by atoms with Gasteiger partial charge in [0.05, 0.1) is 13.4 Å². The second-order valence-corrected chi connectivity index (χ2v) is 6.02. The topological polar surface area (TPSA) is 120 Å². The largest absolute Gasteiger partial charge is 0.363 e. The van der Waals surface area contributed by atoms with Crippen LogP contribution in [0.25, 0.3) is 17.3 Å². The van der Waals surface area contributed by atoms with Crippen molar-refractivity contribution in [3.8, 4) is 11.6 Å². The summed E-state index contributed by atoms with van der Waals surface area (Å²) in [6.07, 6.45) is 5.04. The van der Waals surface area contributed by atoms with E-state index >= 15 is 0 Å². The predicted molar refractivity (Wildman–Crippen MR) is 99.9 cm³/mol. The zero-order valence-corrected chi connectivity index (χ0v) is 15.5. The molecule has 0 N–H and O–H groups in total. The standard InChI is InChI=1S/C16H21N9O2/c1-4-8-23(9-5-2)11-18-12-6-7-13-19-20-16(24(13)21-12)15-17-10-14(22(15)3)25(26)27/h6-7,10-11H,4-5,8-9H2,1-3H3. The molecule has 0 aliphatic rings. The summed E-state index contributed by atoms with van der Waals surface area (Å²) in [5, 5.41) is 23.6. The van der Waals surface area contributed by atoms with Crippen molar-refractivity contribution in [2.75, 3.05) is 13.1 Å². The molecule has 11 heteroatoms. The molecule has 3 aromatic heterocycles. The summed E-state index contributed by atoms with van der Waals surface area (Å²) in [5.74, 6) is 0.980. The quantitative estimate of drug-likeness (QED) is 0.258. The van der Waals surface area contributed by atoms with Crippen LogP contribution in [0.2, 0.25) is 0 Å². The molecule has 0 aliphatic heterocycles. The van der Waals surface area contributed by atoms with E-state index in [1.54, 1.807) is 25.5 Å². The Hall–Kier alpha value is -3.37. The van der Waals surface area contributed by atoms with E-state index in [9.17, 15) is 10.1 Å². The predicted octanol–water partition coefficient (Wildman–Crippen LogP) is 2.21. The molecular weight excluding hydrogens is 350 g/mol. The van der Waals surface area contributed by atoms with Crippen LogP contribution in [-0.4, -0.2) is 58.6 Å². The van der Waals surface area contributed by atoms with Gasteiger partial charge in [0.25, 0.3) is 5.82 Å². The summed E-state index contributed by atoms with van der Waals surface area (Å²) in [5.41, 5.74) is 0.508. The first-order valence-corrected chi connectivity index (χ1v) is 8.72. The molecule has 0 amide bonds. The van der Waals surface area contributed by atoms with Crippen molar-refractivity contribution in [1.82, 2.24) is 34.3 Å². The maximum absolute atomic E-state index is 11.0. The first kappa shape index (κ1) is 18.4. The van der Waals surface area contributed by atoms with E-state index in [1.807, 2.05) is 0 Å². The summed E-state index contributed by atoms with van der Waals surface area (Å²) in [6, 6.07) is 3.50. The Kier molecular flexibility index (Phi) is 5.38. The highest BCUT2D eigenvalue weighted by atomic mass is 16.6. The lowest BCUT2D eigenvalue weighted by Gasteiger charge is -2.17. The Bertz CT molecular complexity index is 970. The fourth-order valence-corrected chi connectivity index (χ4v) is 2.71. The third-order valence-electron chi connectivity index (χ3n) is 3.97. The number of hydrogen-bond acceptors (Lipinski definition) is 7. The lowest BCUT2D eigenvalue weighted by Crippen LogP contribution is -2.23. The van der Waals surface area contributed by atoms with Crippen molar-refractivity contribution >= 4 is 23.6 Å². The van der Waals surface area contributed by atoms with E-state index in [4.69, 9.17) is 0 Å². The van der Waals surface area contributed by atoms with Crippen molar-refractivity contribution in [2.45, 2.75) is 26.7 Å². The first-order valence-electron chi connectivity index (χ1n) is 8.72. The number of nitro groups is 1. The number of rotatable bonds is 8. The van der Waals surface area contributed by atoms with Gasteiger partial charge in [-0.15, -0.1) is 15.3 Å². The number of nitrogens with zero attached hydrogens (tertiary/aromatic N) is 9. The average molecular weight is 371 g/mol. The normalized spacial score (nSPS) is 11.5. The van der Waals surface area contributed by atoms with Gasteiger partial charge >= 0.3 is 5.82 Å². The second-order valence-electron chi connectivity index (χ2n) is 6.02. The van der Waals surface area contributed by atoms with Crippen LogP contribution in [0.5, 0.6) is 0 Å². The Morgan fingerprint density at radius 2 is 1.96 bits per heavy atom. The van der Waals surface area contributed by atoms with Crippen LogP contribution in [0.15, 0.2) is 23.3 Å². The molecule has 0 saturated carbocycles. The number of aliphatic imine (C=N–C) groups is 1. The van der Waals surface area contributed by atoms with Crippen molar-refractivity contribution < 1.29 is 4.92 Å². The van der Waals surface area contributed by atoms with Gasteiger partial charge in [-0.05, 0) is 29.9 Å². The zero-order valence-electron chi connectivity index (χ0n) is 15.5. The van der Waals surface area contributed by atoms with Gasteiger partial charge in [0, 0.05) is 13.1 Å². The summed E-state index contributed by atoms with van der Waals surface area (Å²) >= 11 is 0. The maximum atomic E-state index is 11.0. The van der Waals surface area contributed by atoms with Gasteiger partial charge < -0.3 is 15.0 Å². The van der Waals surface area contributed by atoms with E-state index in [2.05, 4.69) is 44.0 Å². The molecule has 0 fully saturated rings. The molecule has 11 nitrogen and oxygen atoms in total. The fraction of sp³-hybridized carbons (Fsp3) is 0.438. The molecule has 3 aromatic rings. The van der Waals surface area contributed by atoms with Crippen molar-refractivity contribution in [3.63, 3.8) is 0 Å². The average Bonchev–Trinajstić information content (AvgIpc) is 3.22. The molecular formula is C16H21N9O2. The van der Waals surface area contributed by atoms with Crippen LogP contribution in [0.1, 0.15) is 26.7 Å². The second kappa shape index (κ2) is 7.89. The minimum Gasteiger partial charge on any atom is -0.363 e. The van der Waals surface area contributed by atoms with Gasteiger partial charge in [0.15, 0.2) is 11.5 Å². The van der Waals surface area contributed by atoms with Crippen molar-refractivity contribution in [1.29, 1.82) is 0 Å². The minimum absolute atomic E-state index is 0.134. The molecule has 0 saturated heterocycles. The monoisotopic (exact) mass is 371 g/mol. The van der Waals surface area contributed by atoms with E-state index < -0.39 is 4.92 Å². The zero-order chi connectivity index (χ0) is 19.4. The minimum atomic E-state index is -0.501. The molecule has 142 valence electrons. The maximum Gasteiger partial charge on any atom is 0.343 e. The number of hydrogen-bond donors (Lipinski definition) is 0. The molecule has 0 aromatic carbocycles. The lowest BCUT2D eigenvalue weighted by atomic mass is 10.4. The molecule has 0 atom stereocenters. The number of aromatic nitrogens is 6. The Balaban J connectivity index is 1.96. The van der Waals surface area contributed by atoms with Crippen LogP contribution in [-0.2, 0) is 7.05 Å². The van der Waals surface area contributed by atoms with Gasteiger partial charge in [-0.25, -0.2) is 14.5 Å². The van der Waals surface area contributed by atoms with Gasteiger partial charge in [-0.2, -0.15) is 4.52 Å². The van der Waals surface area contributed by atoms with Crippen LogP contribution in [0.3, 0.4) is 0 Å². The van der Waals surface area contributed by atoms with E-state index in [0.717, 1.165) is 25.9 Å². The highest BCUT2D eigenvalue weighted by Crippen LogP contribution is 2.21. The Morgan fingerprint density at radius 1 is 1.22 bits per heavy atom.